The van der Waals surface area contributed by atoms with E-state index in [-0.39, 0.29) is 0 Å². The van der Waals surface area contributed by atoms with Gasteiger partial charge in [-0.15, -0.1) is 11.3 Å². The molecule has 0 atom stereocenters. The third kappa shape index (κ3) is 3.83. The topological polar surface area (TPSA) is 32.3 Å². The molecule has 0 amide bonds. The Kier molecular flexibility index (Phi) is 5.02. The van der Waals surface area contributed by atoms with Crippen LogP contribution in [0.4, 0.5) is 24.7 Å². The molecule has 1 saturated heterocycles. The van der Waals surface area contributed by atoms with Gasteiger partial charge in [0.25, 0.3) is 0 Å². The lowest BCUT2D eigenvalue weighted by atomic mass is 10.1. The van der Waals surface area contributed by atoms with Crippen LogP contribution in [0.15, 0.2) is 66.3 Å². The Bertz CT molecular complexity index is 1200. The maximum atomic E-state index is 13.1. The maximum absolute atomic E-state index is 13.1. The summed E-state index contributed by atoms with van der Waals surface area (Å²) in [6.45, 7) is 2.59. The Hall–Kier alpha value is -3.13. The first kappa shape index (κ1) is 19.8. The van der Waals surface area contributed by atoms with Crippen LogP contribution in [-0.4, -0.2) is 36.1 Å². The molecular weight excluding hydrogens is 421 g/mol. The third-order valence-corrected chi connectivity index (χ3v) is 6.44. The van der Waals surface area contributed by atoms with Gasteiger partial charge in [-0.25, -0.2) is 9.97 Å². The Balaban J connectivity index is 1.41. The van der Waals surface area contributed by atoms with Crippen molar-refractivity contribution in [1.82, 2.24) is 9.97 Å². The Morgan fingerprint density at radius 2 is 1.58 bits per heavy atom. The van der Waals surface area contributed by atoms with E-state index in [1.165, 1.54) is 12.1 Å². The van der Waals surface area contributed by atoms with Crippen molar-refractivity contribution in [1.29, 1.82) is 0 Å². The minimum atomic E-state index is -4.34. The van der Waals surface area contributed by atoms with Crippen molar-refractivity contribution < 1.29 is 13.2 Å². The number of nitrogens with zero attached hydrogens (tertiary/aromatic N) is 4. The minimum Gasteiger partial charge on any atom is -0.368 e. The number of halogens is 3. The van der Waals surface area contributed by atoms with Gasteiger partial charge in [0.05, 0.1) is 10.9 Å². The number of aromatic nitrogens is 2. The molecule has 5 rings (SSSR count). The summed E-state index contributed by atoms with van der Waals surface area (Å²) in [6.07, 6.45) is -2.75. The molecule has 0 N–H and O–H groups in total. The Morgan fingerprint density at radius 1 is 0.839 bits per heavy atom. The van der Waals surface area contributed by atoms with Gasteiger partial charge in [-0.05, 0) is 23.8 Å². The summed E-state index contributed by atoms with van der Waals surface area (Å²) in [6, 6.07) is 15.7. The highest BCUT2D eigenvalue weighted by Crippen LogP contribution is 2.38. The van der Waals surface area contributed by atoms with Crippen molar-refractivity contribution in [3.8, 4) is 11.1 Å². The standard InChI is InChI=1S/C23H19F3N4S/c24-23(25,26)17-7-4-8-18(13-17)29-9-11-30(12-10-29)21-20-19(16-5-2-1-3-6-16)14-31-22(20)28-15-27-21/h1-8,13-15H,9-12H2. The normalized spacial score (nSPS) is 14.9. The summed E-state index contributed by atoms with van der Waals surface area (Å²) in [5.41, 5.74) is 2.21. The van der Waals surface area contributed by atoms with E-state index in [9.17, 15) is 13.2 Å². The number of hydrogen-bond acceptors (Lipinski definition) is 5. The fraction of sp³-hybridized carbons (Fsp3) is 0.217. The molecule has 1 aliphatic heterocycles. The zero-order valence-electron chi connectivity index (χ0n) is 16.5. The Labute approximate surface area is 181 Å². The van der Waals surface area contributed by atoms with Crippen LogP contribution in [0.2, 0.25) is 0 Å². The number of alkyl halides is 3. The third-order valence-electron chi connectivity index (χ3n) is 5.55. The lowest BCUT2D eigenvalue weighted by molar-refractivity contribution is -0.137. The highest BCUT2D eigenvalue weighted by atomic mass is 32.1. The predicted molar refractivity (Wildman–Crippen MR) is 119 cm³/mol. The van der Waals surface area contributed by atoms with Gasteiger partial charge in [-0.3, -0.25) is 0 Å². The minimum absolute atomic E-state index is 0.600. The molecule has 0 spiro atoms. The average Bonchev–Trinajstić information content (AvgIpc) is 3.24. The number of rotatable bonds is 3. The van der Waals surface area contributed by atoms with Gasteiger partial charge in [0.15, 0.2) is 0 Å². The highest BCUT2D eigenvalue weighted by Gasteiger charge is 2.31. The maximum Gasteiger partial charge on any atom is 0.416 e. The number of hydrogen-bond donors (Lipinski definition) is 0. The van der Waals surface area contributed by atoms with Gasteiger partial charge in [0, 0.05) is 42.8 Å². The van der Waals surface area contributed by atoms with Gasteiger partial charge in [0.1, 0.15) is 17.0 Å². The van der Waals surface area contributed by atoms with Gasteiger partial charge in [0.2, 0.25) is 0 Å². The first-order valence-electron chi connectivity index (χ1n) is 9.95. The molecule has 0 radical (unpaired) electrons. The summed E-state index contributed by atoms with van der Waals surface area (Å²) in [5, 5.41) is 3.14. The van der Waals surface area contributed by atoms with Crippen molar-refractivity contribution in [2.24, 2.45) is 0 Å². The van der Waals surface area contributed by atoms with E-state index in [0.717, 1.165) is 33.2 Å². The number of benzene rings is 2. The number of thiophene rings is 1. The van der Waals surface area contributed by atoms with Crippen molar-refractivity contribution in [3.63, 3.8) is 0 Å². The first-order valence-corrected chi connectivity index (χ1v) is 10.8. The molecule has 3 heterocycles. The quantitative estimate of drug-likeness (QED) is 0.409. The molecule has 8 heteroatoms. The molecule has 4 aromatic rings. The van der Waals surface area contributed by atoms with Crippen molar-refractivity contribution in [2.75, 3.05) is 36.0 Å². The monoisotopic (exact) mass is 440 g/mol. The lowest BCUT2D eigenvalue weighted by Crippen LogP contribution is -2.47. The molecule has 1 aliphatic rings. The largest absolute Gasteiger partial charge is 0.416 e. The fourth-order valence-corrected chi connectivity index (χ4v) is 4.90. The van der Waals surface area contributed by atoms with Crippen LogP contribution in [0, 0.1) is 0 Å². The summed E-state index contributed by atoms with van der Waals surface area (Å²) < 4.78 is 39.2. The van der Waals surface area contributed by atoms with Crippen LogP contribution in [0.25, 0.3) is 21.3 Å². The van der Waals surface area contributed by atoms with E-state index < -0.39 is 11.7 Å². The van der Waals surface area contributed by atoms with Gasteiger partial charge in [-0.1, -0.05) is 36.4 Å². The van der Waals surface area contributed by atoms with Gasteiger partial charge >= 0.3 is 6.18 Å². The molecule has 0 aliphatic carbocycles. The van der Waals surface area contributed by atoms with Gasteiger partial charge in [-0.2, -0.15) is 13.2 Å². The summed E-state index contributed by atoms with van der Waals surface area (Å²) >= 11 is 1.59. The molecule has 2 aromatic heterocycles. The van der Waals surface area contributed by atoms with E-state index in [1.54, 1.807) is 23.7 Å². The fourth-order valence-electron chi connectivity index (χ4n) is 3.98. The molecule has 0 unspecified atom stereocenters. The van der Waals surface area contributed by atoms with E-state index in [2.05, 4.69) is 32.4 Å². The smallest absolute Gasteiger partial charge is 0.368 e. The SMILES string of the molecule is FC(F)(F)c1cccc(N2CCN(c3ncnc4scc(-c5ccccc5)c34)CC2)c1. The van der Waals surface area contributed by atoms with Crippen LogP contribution in [0.5, 0.6) is 0 Å². The van der Waals surface area contributed by atoms with E-state index in [0.29, 0.717) is 31.9 Å². The number of anilines is 2. The van der Waals surface area contributed by atoms with E-state index in [1.807, 2.05) is 23.1 Å². The molecule has 0 bridgehead atoms. The first-order chi connectivity index (χ1) is 15.0. The molecule has 4 nitrogen and oxygen atoms in total. The summed E-state index contributed by atoms with van der Waals surface area (Å²) in [4.78, 5) is 14.2. The second kappa shape index (κ2) is 7.85. The number of piperazine rings is 1. The molecule has 158 valence electrons. The van der Waals surface area contributed by atoms with Crippen molar-refractivity contribution >= 4 is 33.1 Å². The summed E-state index contributed by atoms with van der Waals surface area (Å²) in [5.74, 6) is 0.883. The average molecular weight is 440 g/mol. The molecular formula is C23H19F3N4S. The van der Waals surface area contributed by atoms with E-state index in [4.69, 9.17) is 0 Å². The van der Waals surface area contributed by atoms with E-state index >= 15 is 0 Å². The van der Waals surface area contributed by atoms with Crippen molar-refractivity contribution in [3.05, 3.63) is 71.9 Å². The lowest BCUT2D eigenvalue weighted by Gasteiger charge is -2.37. The number of fused-ring (bicyclic) bond motifs is 1. The molecule has 1 fully saturated rings. The molecule has 31 heavy (non-hydrogen) atoms. The van der Waals surface area contributed by atoms with Crippen LogP contribution < -0.4 is 9.80 Å². The Morgan fingerprint density at radius 3 is 2.32 bits per heavy atom. The highest BCUT2D eigenvalue weighted by molar-refractivity contribution is 7.17. The second-order valence-electron chi connectivity index (χ2n) is 7.42. The zero-order valence-corrected chi connectivity index (χ0v) is 17.3. The van der Waals surface area contributed by atoms with Crippen molar-refractivity contribution in [2.45, 2.75) is 6.18 Å². The van der Waals surface area contributed by atoms with Crippen LogP contribution in [0.1, 0.15) is 5.56 Å². The van der Waals surface area contributed by atoms with Crippen LogP contribution >= 0.6 is 11.3 Å². The zero-order chi connectivity index (χ0) is 21.4. The molecule has 2 aromatic carbocycles. The van der Waals surface area contributed by atoms with Gasteiger partial charge < -0.3 is 9.80 Å². The molecule has 0 saturated carbocycles. The predicted octanol–water partition coefficient (Wildman–Crippen LogP) is 5.70. The summed E-state index contributed by atoms with van der Waals surface area (Å²) in [7, 11) is 0. The second-order valence-corrected chi connectivity index (χ2v) is 8.27. The van der Waals surface area contributed by atoms with Crippen LogP contribution in [0.3, 0.4) is 0 Å². The van der Waals surface area contributed by atoms with Crippen LogP contribution in [-0.2, 0) is 6.18 Å².